The third kappa shape index (κ3) is 2.73. The average molecular weight is 292 g/mol. The number of carboxylic acid groups (broad SMARTS) is 1. The number of aromatic carboxylic acids is 1. The minimum Gasteiger partial charge on any atom is -0.507 e. The van der Waals surface area contributed by atoms with Crippen molar-refractivity contribution in [2.24, 2.45) is 0 Å². The van der Waals surface area contributed by atoms with Crippen LogP contribution in [0.4, 0.5) is 5.69 Å². The van der Waals surface area contributed by atoms with Gasteiger partial charge in [0, 0.05) is 0 Å². The van der Waals surface area contributed by atoms with Crippen LogP contribution in [0.3, 0.4) is 0 Å². The highest BCUT2D eigenvalue weighted by molar-refractivity contribution is 6.35. The molecule has 2 rings (SSSR count). The Morgan fingerprint density at radius 2 is 1.65 bits per heavy atom. The molecule has 0 fully saturated rings. The highest BCUT2D eigenvalue weighted by Gasteiger charge is 2.17. The molecule has 0 saturated heterocycles. The number of nitrogens with one attached hydrogen (secondary N) is 1. The van der Waals surface area contributed by atoms with Crippen molar-refractivity contribution in [2.45, 2.75) is 0 Å². The van der Waals surface area contributed by atoms with Gasteiger partial charge in [0.25, 0.3) is 5.91 Å². The number of carbonyl (C=O) groups excluding carboxylic acids is 1. The Kier molecular flexibility index (Phi) is 3.91. The monoisotopic (exact) mass is 291 g/mol. The van der Waals surface area contributed by atoms with E-state index in [1.807, 2.05) is 0 Å². The number of carboxylic acids is 1. The van der Waals surface area contributed by atoms with Gasteiger partial charge in [-0.2, -0.15) is 0 Å². The van der Waals surface area contributed by atoms with Crippen LogP contribution in [0, 0.1) is 0 Å². The molecule has 0 aliphatic heterocycles. The molecule has 20 heavy (non-hydrogen) atoms. The van der Waals surface area contributed by atoms with Gasteiger partial charge >= 0.3 is 5.97 Å². The first-order valence-electron chi connectivity index (χ1n) is 5.62. The molecule has 2 aromatic rings. The standard InChI is InChI=1S/C14H10ClNO4/c15-10-6-3-5-9(14(19)20)12(10)16-13(18)8-4-1-2-7-11(8)17/h1-7,17H,(H,16,18)(H,19,20). The van der Waals surface area contributed by atoms with Crippen molar-refractivity contribution in [3.05, 3.63) is 58.6 Å². The van der Waals surface area contributed by atoms with Gasteiger partial charge in [-0.25, -0.2) is 4.79 Å². The minimum absolute atomic E-state index is 0.00470. The van der Waals surface area contributed by atoms with Crippen LogP contribution in [-0.2, 0) is 0 Å². The molecule has 0 unspecified atom stereocenters. The molecular weight excluding hydrogens is 282 g/mol. The number of hydrogen-bond donors (Lipinski definition) is 3. The maximum Gasteiger partial charge on any atom is 0.337 e. The molecule has 0 aliphatic carbocycles. The van der Waals surface area contributed by atoms with Crippen molar-refractivity contribution < 1.29 is 19.8 Å². The maximum absolute atomic E-state index is 12.0. The van der Waals surface area contributed by atoms with Crippen LogP contribution in [0.25, 0.3) is 0 Å². The zero-order chi connectivity index (χ0) is 14.7. The van der Waals surface area contributed by atoms with Crippen molar-refractivity contribution in [1.29, 1.82) is 0 Å². The van der Waals surface area contributed by atoms with E-state index in [1.54, 1.807) is 12.1 Å². The van der Waals surface area contributed by atoms with Crippen molar-refractivity contribution in [1.82, 2.24) is 0 Å². The first-order valence-corrected chi connectivity index (χ1v) is 5.99. The number of rotatable bonds is 3. The fraction of sp³-hybridized carbons (Fsp3) is 0. The Bertz CT molecular complexity index is 685. The summed E-state index contributed by atoms with van der Waals surface area (Å²) in [6.45, 7) is 0. The number of phenols is 1. The van der Waals surface area contributed by atoms with E-state index < -0.39 is 11.9 Å². The van der Waals surface area contributed by atoms with Crippen LogP contribution in [0.15, 0.2) is 42.5 Å². The fourth-order valence-corrected chi connectivity index (χ4v) is 1.90. The van der Waals surface area contributed by atoms with Gasteiger partial charge < -0.3 is 15.5 Å². The summed E-state index contributed by atoms with van der Waals surface area (Å²) in [6.07, 6.45) is 0. The van der Waals surface area contributed by atoms with E-state index in [4.69, 9.17) is 16.7 Å². The average Bonchev–Trinajstić information content (AvgIpc) is 2.41. The molecule has 0 saturated carbocycles. The van der Waals surface area contributed by atoms with E-state index in [2.05, 4.69) is 5.32 Å². The number of carbonyl (C=O) groups is 2. The highest BCUT2D eigenvalue weighted by Crippen LogP contribution is 2.27. The highest BCUT2D eigenvalue weighted by atomic mass is 35.5. The molecule has 0 heterocycles. The van der Waals surface area contributed by atoms with E-state index in [0.29, 0.717) is 0 Å². The van der Waals surface area contributed by atoms with Gasteiger partial charge in [-0.05, 0) is 24.3 Å². The molecule has 3 N–H and O–H groups in total. The van der Waals surface area contributed by atoms with E-state index >= 15 is 0 Å². The van der Waals surface area contributed by atoms with Gasteiger partial charge in [0.15, 0.2) is 0 Å². The number of benzene rings is 2. The molecule has 0 atom stereocenters. The van der Waals surface area contributed by atoms with Crippen LogP contribution < -0.4 is 5.32 Å². The topological polar surface area (TPSA) is 86.6 Å². The quantitative estimate of drug-likeness (QED) is 0.811. The van der Waals surface area contributed by atoms with E-state index in [-0.39, 0.29) is 27.6 Å². The normalized spacial score (nSPS) is 10.1. The Balaban J connectivity index is 2.38. The van der Waals surface area contributed by atoms with Crippen molar-refractivity contribution in [2.75, 3.05) is 5.32 Å². The lowest BCUT2D eigenvalue weighted by Gasteiger charge is -2.11. The summed E-state index contributed by atoms with van der Waals surface area (Å²) in [5, 5.41) is 21.2. The molecular formula is C14H10ClNO4. The van der Waals surface area contributed by atoms with Gasteiger partial charge in [0.05, 0.1) is 21.8 Å². The lowest BCUT2D eigenvalue weighted by molar-refractivity contribution is 0.0698. The predicted molar refractivity (Wildman–Crippen MR) is 74.5 cm³/mol. The van der Waals surface area contributed by atoms with Gasteiger partial charge in [-0.15, -0.1) is 0 Å². The zero-order valence-electron chi connectivity index (χ0n) is 10.1. The van der Waals surface area contributed by atoms with Gasteiger partial charge in [-0.1, -0.05) is 29.8 Å². The minimum atomic E-state index is -1.21. The molecule has 2 aromatic carbocycles. The Morgan fingerprint density at radius 3 is 2.30 bits per heavy atom. The summed E-state index contributed by atoms with van der Waals surface area (Å²) < 4.78 is 0. The molecule has 0 radical (unpaired) electrons. The predicted octanol–water partition coefficient (Wildman–Crippen LogP) is 3.00. The number of anilines is 1. The summed E-state index contributed by atoms with van der Waals surface area (Å²) in [5.74, 6) is -2.05. The van der Waals surface area contributed by atoms with Crippen molar-refractivity contribution >= 4 is 29.2 Å². The second-order valence-electron chi connectivity index (χ2n) is 3.94. The first kappa shape index (κ1) is 13.9. The summed E-state index contributed by atoms with van der Waals surface area (Å²) >= 11 is 5.90. The molecule has 102 valence electrons. The van der Waals surface area contributed by atoms with Gasteiger partial charge in [-0.3, -0.25) is 4.79 Å². The number of halogens is 1. The summed E-state index contributed by atoms with van der Waals surface area (Å²) in [4.78, 5) is 23.1. The summed E-state index contributed by atoms with van der Waals surface area (Å²) in [6, 6.07) is 10.2. The number of para-hydroxylation sites is 2. The van der Waals surface area contributed by atoms with E-state index in [0.717, 1.165) is 0 Å². The fourth-order valence-electron chi connectivity index (χ4n) is 1.68. The molecule has 0 aromatic heterocycles. The molecule has 1 amide bonds. The second-order valence-corrected chi connectivity index (χ2v) is 4.35. The van der Waals surface area contributed by atoms with E-state index in [1.165, 1.54) is 30.3 Å². The SMILES string of the molecule is O=C(Nc1c(Cl)cccc1C(=O)O)c1ccccc1O. The summed E-state index contributed by atoms with van der Waals surface area (Å²) in [5.41, 5.74) is -0.0973. The lowest BCUT2D eigenvalue weighted by atomic mass is 10.1. The Labute approximate surface area is 119 Å². The lowest BCUT2D eigenvalue weighted by Crippen LogP contribution is -2.15. The maximum atomic E-state index is 12.0. The molecule has 0 spiro atoms. The number of hydrogen-bond acceptors (Lipinski definition) is 3. The van der Waals surface area contributed by atoms with E-state index in [9.17, 15) is 14.7 Å². The zero-order valence-corrected chi connectivity index (χ0v) is 10.9. The Morgan fingerprint density at radius 1 is 1.00 bits per heavy atom. The number of aromatic hydroxyl groups is 1. The molecule has 6 heteroatoms. The smallest absolute Gasteiger partial charge is 0.337 e. The van der Waals surface area contributed by atoms with Gasteiger partial charge in [0.1, 0.15) is 5.75 Å². The molecule has 0 aliphatic rings. The van der Waals surface area contributed by atoms with Crippen LogP contribution in [0.1, 0.15) is 20.7 Å². The van der Waals surface area contributed by atoms with Crippen molar-refractivity contribution in [3.8, 4) is 5.75 Å². The third-order valence-corrected chi connectivity index (χ3v) is 2.95. The van der Waals surface area contributed by atoms with Crippen LogP contribution >= 0.6 is 11.6 Å². The molecule has 0 bridgehead atoms. The number of phenolic OH excluding ortho intramolecular Hbond substituents is 1. The molecule has 5 nitrogen and oxygen atoms in total. The Hall–Kier alpha value is -2.53. The summed E-state index contributed by atoms with van der Waals surface area (Å²) in [7, 11) is 0. The van der Waals surface area contributed by atoms with Crippen LogP contribution in [0.2, 0.25) is 5.02 Å². The largest absolute Gasteiger partial charge is 0.507 e. The third-order valence-electron chi connectivity index (χ3n) is 2.63. The van der Waals surface area contributed by atoms with Gasteiger partial charge in [0.2, 0.25) is 0 Å². The van der Waals surface area contributed by atoms with Crippen LogP contribution in [-0.4, -0.2) is 22.1 Å². The second kappa shape index (κ2) is 5.63. The number of amides is 1. The van der Waals surface area contributed by atoms with Crippen molar-refractivity contribution in [3.63, 3.8) is 0 Å². The van der Waals surface area contributed by atoms with Crippen LogP contribution in [0.5, 0.6) is 5.75 Å². The first-order chi connectivity index (χ1) is 9.50.